The average Bonchev–Trinajstić information content (AvgIpc) is 3.56. The van der Waals surface area contributed by atoms with Crippen LogP contribution in [0.25, 0.3) is 10.6 Å². The van der Waals surface area contributed by atoms with Crippen LogP contribution in [0.3, 0.4) is 0 Å². The molecule has 1 aromatic carbocycles. The highest BCUT2D eigenvalue weighted by Gasteiger charge is 2.26. The van der Waals surface area contributed by atoms with Gasteiger partial charge in [-0.25, -0.2) is 15.2 Å². The summed E-state index contributed by atoms with van der Waals surface area (Å²) in [5, 5.41) is 2.87. The average molecular weight is 503 g/mol. The number of hydrazine groups is 1. The Morgan fingerprint density at radius 3 is 2.82 bits per heavy atom. The SMILES string of the molecule is CSc1sc(C(=O)NNC(=O)OCC2CCCN2Cc2ccccc2)cc1-c1nc(C)cs1. The van der Waals surface area contributed by atoms with Gasteiger partial charge in [0, 0.05) is 29.2 Å². The molecule has 2 N–H and O–H groups in total. The van der Waals surface area contributed by atoms with Gasteiger partial charge in [0.1, 0.15) is 11.6 Å². The third-order valence-electron chi connectivity index (χ3n) is 5.37. The second-order valence-corrected chi connectivity index (χ2v) is 10.7. The molecule has 1 atom stereocenters. The van der Waals surface area contributed by atoms with Gasteiger partial charge in [-0.15, -0.1) is 34.4 Å². The Bertz CT molecular complexity index is 1100. The Hall–Kier alpha value is -2.40. The van der Waals surface area contributed by atoms with Crippen molar-refractivity contribution in [3.8, 4) is 10.6 Å². The number of thioether (sulfide) groups is 1. The van der Waals surface area contributed by atoms with E-state index in [4.69, 9.17) is 4.74 Å². The number of thiazole rings is 1. The van der Waals surface area contributed by atoms with Gasteiger partial charge in [-0.3, -0.25) is 15.1 Å². The molecule has 2 aromatic heterocycles. The minimum absolute atomic E-state index is 0.178. The molecule has 10 heteroatoms. The minimum atomic E-state index is -0.660. The van der Waals surface area contributed by atoms with E-state index in [0.29, 0.717) is 4.88 Å². The van der Waals surface area contributed by atoms with Gasteiger partial charge in [-0.05, 0) is 44.2 Å². The second kappa shape index (κ2) is 11.1. The molecule has 3 heterocycles. The fourth-order valence-corrected chi connectivity index (χ4v) is 6.46. The molecule has 0 radical (unpaired) electrons. The normalized spacial score (nSPS) is 16.0. The number of likely N-dealkylation sites (tertiary alicyclic amines) is 1. The molecule has 0 saturated carbocycles. The van der Waals surface area contributed by atoms with Crippen molar-refractivity contribution in [1.29, 1.82) is 0 Å². The van der Waals surface area contributed by atoms with Gasteiger partial charge in [0.15, 0.2) is 0 Å². The van der Waals surface area contributed by atoms with E-state index >= 15 is 0 Å². The van der Waals surface area contributed by atoms with Crippen molar-refractivity contribution >= 4 is 46.4 Å². The van der Waals surface area contributed by atoms with Crippen LogP contribution in [-0.2, 0) is 11.3 Å². The van der Waals surface area contributed by atoms with Gasteiger partial charge in [-0.2, -0.15) is 0 Å². The molecule has 0 bridgehead atoms. The summed E-state index contributed by atoms with van der Waals surface area (Å²) in [7, 11) is 0. The predicted octanol–water partition coefficient (Wildman–Crippen LogP) is 4.94. The first-order chi connectivity index (χ1) is 16.0. The van der Waals surface area contributed by atoms with Gasteiger partial charge in [-0.1, -0.05) is 30.3 Å². The fourth-order valence-electron chi connectivity index (χ4n) is 3.75. The maximum absolute atomic E-state index is 12.6. The molecular formula is C23H26N4O3S3. The van der Waals surface area contributed by atoms with Crippen molar-refractivity contribution in [3.63, 3.8) is 0 Å². The standard InChI is InChI=1S/C23H26N4O3S3/c1-15-14-32-21(24-15)18-11-19(33-22(18)31-2)20(28)25-26-23(29)30-13-17-9-6-10-27(17)12-16-7-4-3-5-8-16/h3-5,7-8,11,14,17H,6,9-10,12-13H2,1-2H3,(H,25,28)(H,26,29). The van der Waals surface area contributed by atoms with Crippen molar-refractivity contribution in [1.82, 2.24) is 20.7 Å². The van der Waals surface area contributed by atoms with Crippen LogP contribution in [-0.4, -0.2) is 47.3 Å². The van der Waals surface area contributed by atoms with Gasteiger partial charge >= 0.3 is 6.09 Å². The number of amides is 2. The molecule has 0 spiro atoms. The van der Waals surface area contributed by atoms with Gasteiger partial charge in [0.25, 0.3) is 5.91 Å². The summed E-state index contributed by atoms with van der Waals surface area (Å²) in [5.74, 6) is -0.377. The van der Waals surface area contributed by atoms with Crippen LogP contribution in [0, 0.1) is 6.92 Å². The maximum Gasteiger partial charge on any atom is 0.426 e. The van der Waals surface area contributed by atoms with E-state index in [9.17, 15) is 9.59 Å². The molecule has 7 nitrogen and oxygen atoms in total. The molecule has 4 rings (SSSR count). The highest BCUT2D eigenvalue weighted by Crippen LogP contribution is 2.39. The molecule has 174 valence electrons. The number of rotatable bonds is 7. The largest absolute Gasteiger partial charge is 0.447 e. The summed E-state index contributed by atoms with van der Waals surface area (Å²) in [6.45, 7) is 4.06. The Balaban J connectivity index is 1.27. The molecule has 1 aliphatic heterocycles. The van der Waals surface area contributed by atoms with E-state index in [1.54, 1.807) is 23.1 Å². The van der Waals surface area contributed by atoms with Crippen LogP contribution >= 0.6 is 34.4 Å². The predicted molar refractivity (Wildman–Crippen MR) is 134 cm³/mol. The van der Waals surface area contributed by atoms with E-state index in [0.717, 1.165) is 46.4 Å². The Morgan fingerprint density at radius 2 is 2.09 bits per heavy atom. The van der Waals surface area contributed by atoms with Gasteiger partial charge < -0.3 is 4.74 Å². The molecule has 3 aromatic rings. The minimum Gasteiger partial charge on any atom is -0.447 e. The number of hydrogen-bond acceptors (Lipinski definition) is 8. The number of carbonyl (C=O) groups excluding carboxylic acids is 2. The van der Waals surface area contributed by atoms with E-state index in [-0.39, 0.29) is 18.6 Å². The summed E-state index contributed by atoms with van der Waals surface area (Å²) in [6, 6.07) is 12.3. The topological polar surface area (TPSA) is 83.6 Å². The second-order valence-electron chi connectivity index (χ2n) is 7.74. The van der Waals surface area contributed by atoms with E-state index in [1.165, 1.54) is 16.9 Å². The lowest BCUT2D eigenvalue weighted by atomic mass is 10.2. The quantitative estimate of drug-likeness (QED) is 0.352. The fraction of sp³-hybridized carbons (Fsp3) is 0.348. The van der Waals surface area contributed by atoms with E-state index < -0.39 is 6.09 Å². The van der Waals surface area contributed by atoms with E-state index in [1.807, 2.05) is 42.8 Å². The Labute approximate surface area is 205 Å². The number of aryl methyl sites for hydroxylation is 1. The monoisotopic (exact) mass is 502 g/mol. The zero-order valence-electron chi connectivity index (χ0n) is 18.5. The molecule has 1 saturated heterocycles. The first-order valence-electron chi connectivity index (χ1n) is 10.6. The van der Waals surface area contributed by atoms with Crippen molar-refractivity contribution < 1.29 is 14.3 Å². The summed E-state index contributed by atoms with van der Waals surface area (Å²) < 4.78 is 6.40. The van der Waals surface area contributed by atoms with Crippen molar-refractivity contribution in [2.24, 2.45) is 0 Å². The number of hydrogen-bond donors (Lipinski definition) is 2. The number of benzene rings is 1. The van der Waals surface area contributed by atoms with Crippen molar-refractivity contribution in [2.75, 3.05) is 19.4 Å². The molecular weight excluding hydrogens is 476 g/mol. The summed E-state index contributed by atoms with van der Waals surface area (Å²) in [6.07, 6.45) is 3.37. The van der Waals surface area contributed by atoms with Crippen LogP contribution in [0.1, 0.15) is 33.8 Å². The van der Waals surface area contributed by atoms with Crippen LogP contribution in [0.2, 0.25) is 0 Å². The zero-order chi connectivity index (χ0) is 23.2. The number of carbonyl (C=O) groups is 2. The lowest BCUT2D eigenvalue weighted by molar-refractivity contribution is 0.0866. The summed E-state index contributed by atoms with van der Waals surface area (Å²) >= 11 is 4.50. The summed E-state index contributed by atoms with van der Waals surface area (Å²) in [4.78, 5) is 32.1. The number of nitrogens with zero attached hydrogens (tertiary/aromatic N) is 2. The zero-order valence-corrected chi connectivity index (χ0v) is 20.9. The van der Waals surface area contributed by atoms with Crippen LogP contribution in [0.5, 0.6) is 0 Å². The Kier molecular flexibility index (Phi) is 8.02. The first kappa shape index (κ1) is 23.7. The highest BCUT2D eigenvalue weighted by atomic mass is 32.2. The van der Waals surface area contributed by atoms with Crippen LogP contribution in [0.15, 0.2) is 46.0 Å². The highest BCUT2D eigenvalue weighted by molar-refractivity contribution is 8.00. The van der Waals surface area contributed by atoms with Gasteiger partial charge in [0.05, 0.1) is 9.09 Å². The van der Waals surface area contributed by atoms with Crippen molar-refractivity contribution in [2.45, 2.75) is 36.6 Å². The molecule has 0 aliphatic carbocycles. The molecule has 1 aliphatic rings. The lowest BCUT2D eigenvalue weighted by Gasteiger charge is -2.24. The molecule has 33 heavy (non-hydrogen) atoms. The van der Waals surface area contributed by atoms with Crippen LogP contribution in [0.4, 0.5) is 4.79 Å². The molecule has 1 fully saturated rings. The number of aromatic nitrogens is 1. The smallest absolute Gasteiger partial charge is 0.426 e. The number of thiophene rings is 1. The van der Waals surface area contributed by atoms with Gasteiger partial charge in [0.2, 0.25) is 0 Å². The maximum atomic E-state index is 12.6. The summed E-state index contributed by atoms with van der Waals surface area (Å²) in [5.41, 5.74) is 7.96. The molecule has 2 amide bonds. The van der Waals surface area contributed by atoms with E-state index in [2.05, 4.69) is 32.9 Å². The van der Waals surface area contributed by atoms with Crippen LogP contribution < -0.4 is 10.9 Å². The third kappa shape index (κ3) is 6.14. The first-order valence-corrected chi connectivity index (χ1v) is 13.6. The number of ether oxygens (including phenoxy) is 1. The van der Waals surface area contributed by atoms with Crippen molar-refractivity contribution in [3.05, 3.63) is 57.9 Å². The lowest BCUT2D eigenvalue weighted by Crippen LogP contribution is -2.43. The Morgan fingerprint density at radius 1 is 1.27 bits per heavy atom. The third-order valence-corrected chi connectivity index (χ3v) is 8.63. The molecule has 1 unspecified atom stereocenters. The number of nitrogens with one attached hydrogen (secondary N) is 2.